The van der Waals surface area contributed by atoms with Crippen molar-refractivity contribution >= 4 is 29.1 Å². The zero-order valence-corrected chi connectivity index (χ0v) is 17.7. The fourth-order valence-electron chi connectivity index (χ4n) is 3.82. The number of furan rings is 1. The number of amides is 1. The zero-order chi connectivity index (χ0) is 20.7. The van der Waals surface area contributed by atoms with Gasteiger partial charge in [0.25, 0.3) is 5.91 Å². The van der Waals surface area contributed by atoms with Gasteiger partial charge in [-0.3, -0.25) is 9.69 Å². The highest BCUT2D eigenvalue weighted by Crippen LogP contribution is 2.40. The topological polar surface area (TPSA) is 71.5 Å². The predicted molar refractivity (Wildman–Crippen MR) is 114 cm³/mol. The number of hydrogen-bond donors (Lipinski definition) is 1. The first kappa shape index (κ1) is 19.7. The molecule has 156 valence electrons. The second-order valence-electron chi connectivity index (χ2n) is 7.97. The fourth-order valence-corrected chi connectivity index (χ4v) is 4.21. The number of carbonyl (C=O) groups excluding carboxylic acids is 1. The molecule has 2 fully saturated rings. The first-order valence-corrected chi connectivity index (χ1v) is 10.8. The third-order valence-electron chi connectivity index (χ3n) is 5.58. The van der Waals surface area contributed by atoms with Crippen molar-refractivity contribution in [3.05, 3.63) is 63.7 Å². The molecule has 0 radical (unpaired) electrons. The Morgan fingerprint density at radius 3 is 2.87 bits per heavy atom. The molecule has 0 bridgehead atoms. The third-order valence-corrected chi connectivity index (χ3v) is 6.15. The van der Waals surface area contributed by atoms with Crippen LogP contribution >= 0.6 is 23.2 Å². The van der Waals surface area contributed by atoms with E-state index in [9.17, 15) is 4.79 Å². The Hall–Kier alpha value is -2.28. The average molecular weight is 446 g/mol. The second-order valence-corrected chi connectivity index (χ2v) is 8.82. The van der Waals surface area contributed by atoms with Crippen LogP contribution in [0.15, 0.2) is 45.3 Å². The van der Waals surface area contributed by atoms with Gasteiger partial charge in [-0.25, -0.2) is 0 Å². The van der Waals surface area contributed by atoms with Gasteiger partial charge in [-0.2, -0.15) is 0 Å². The van der Waals surface area contributed by atoms with E-state index < -0.39 is 0 Å². The van der Waals surface area contributed by atoms with Gasteiger partial charge in [-0.05, 0) is 49.6 Å². The number of aromatic nitrogens is 1. The standard InChI is InChI=1S/C22H21Cl2N3O3/c23-14-3-5-18(24)17(9-14)20-6-4-16(29-20)12-27-8-7-15(11-27)25-22(28)19-10-21(30-26-19)13-1-2-13/h3-6,9-10,13,15H,1-2,7-8,11-12H2,(H,25,28). The maximum atomic E-state index is 12.4. The van der Waals surface area contributed by atoms with Crippen LogP contribution in [0.5, 0.6) is 0 Å². The highest BCUT2D eigenvalue weighted by molar-refractivity contribution is 6.35. The van der Waals surface area contributed by atoms with Crippen molar-refractivity contribution in [3.63, 3.8) is 0 Å². The number of nitrogens with zero attached hydrogens (tertiary/aromatic N) is 2. The van der Waals surface area contributed by atoms with E-state index in [0.29, 0.717) is 34.0 Å². The molecule has 1 amide bonds. The van der Waals surface area contributed by atoms with Gasteiger partial charge in [0.2, 0.25) is 0 Å². The van der Waals surface area contributed by atoms with Crippen LogP contribution in [0, 0.1) is 0 Å². The molecule has 1 atom stereocenters. The number of rotatable bonds is 6. The van der Waals surface area contributed by atoms with Crippen molar-refractivity contribution in [1.82, 2.24) is 15.4 Å². The number of hydrogen-bond acceptors (Lipinski definition) is 5. The Morgan fingerprint density at radius 2 is 2.03 bits per heavy atom. The summed E-state index contributed by atoms with van der Waals surface area (Å²) >= 11 is 12.3. The summed E-state index contributed by atoms with van der Waals surface area (Å²) in [4.78, 5) is 14.7. The van der Waals surface area contributed by atoms with E-state index in [-0.39, 0.29) is 11.9 Å². The smallest absolute Gasteiger partial charge is 0.273 e. The SMILES string of the molecule is O=C(NC1CCN(Cc2ccc(-c3cc(Cl)ccc3Cl)o2)C1)c1cc(C2CC2)on1. The molecule has 1 saturated carbocycles. The first-order valence-electron chi connectivity index (χ1n) is 10.1. The fraction of sp³-hybridized carbons (Fsp3) is 0.364. The summed E-state index contributed by atoms with van der Waals surface area (Å²) in [5.41, 5.74) is 1.14. The maximum Gasteiger partial charge on any atom is 0.273 e. The molecule has 6 nitrogen and oxygen atoms in total. The third kappa shape index (κ3) is 4.26. The zero-order valence-electron chi connectivity index (χ0n) is 16.2. The summed E-state index contributed by atoms with van der Waals surface area (Å²) in [5, 5.41) is 8.19. The van der Waals surface area contributed by atoms with Gasteiger partial charge in [0.15, 0.2) is 5.69 Å². The van der Waals surface area contributed by atoms with Crippen LogP contribution < -0.4 is 5.32 Å². The Kier molecular flexibility index (Phi) is 5.31. The molecule has 1 aromatic carbocycles. The van der Waals surface area contributed by atoms with Gasteiger partial charge in [0, 0.05) is 41.7 Å². The minimum Gasteiger partial charge on any atom is -0.460 e. The monoisotopic (exact) mass is 445 g/mol. The summed E-state index contributed by atoms with van der Waals surface area (Å²) in [6.45, 7) is 2.30. The van der Waals surface area contributed by atoms with E-state index in [2.05, 4.69) is 15.4 Å². The van der Waals surface area contributed by atoms with Crippen LogP contribution in [0.4, 0.5) is 0 Å². The minimum atomic E-state index is -0.173. The number of nitrogens with one attached hydrogen (secondary N) is 1. The lowest BCUT2D eigenvalue weighted by atomic mass is 10.2. The number of carbonyl (C=O) groups is 1. The molecule has 5 rings (SSSR count). The predicted octanol–water partition coefficient (Wildman–Crippen LogP) is 5.12. The van der Waals surface area contributed by atoms with Gasteiger partial charge >= 0.3 is 0 Å². The number of benzene rings is 1. The van der Waals surface area contributed by atoms with Crippen molar-refractivity contribution in [3.8, 4) is 11.3 Å². The van der Waals surface area contributed by atoms with Gasteiger partial charge in [-0.15, -0.1) is 0 Å². The van der Waals surface area contributed by atoms with Crippen molar-refractivity contribution in [2.75, 3.05) is 13.1 Å². The Labute approximate surface area is 184 Å². The van der Waals surface area contributed by atoms with Gasteiger partial charge in [0.05, 0.1) is 11.6 Å². The average Bonchev–Trinajstić information content (AvgIpc) is 3.11. The van der Waals surface area contributed by atoms with E-state index in [1.54, 1.807) is 24.3 Å². The molecular weight excluding hydrogens is 425 g/mol. The molecule has 1 N–H and O–H groups in total. The highest BCUT2D eigenvalue weighted by Gasteiger charge is 2.30. The molecule has 1 saturated heterocycles. The van der Waals surface area contributed by atoms with Crippen LogP contribution in [-0.2, 0) is 6.54 Å². The highest BCUT2D eigenvalue weighted by atomic mass is 35.5. The van der Waals surface area contributed by atoms with Gasteiger partial charge in [-0.1, -0.05) is 28.4 Å². The molecule has 8 heteroatoms. The van der Waals surface area contributed by atoms with E-state index >= 15 is 0 Å². The minimum absolute atomic E-state index is 0.0791. The normalized spacial score (nSPS) is 19.3. The van der Waals surface area contributed by atoms with Gasteiger partial charge < -0.3 is 14.3 Å². The largest absolute Gasteiger partial charge is 0.460 e. The Balaban J connectivity index is 1.17. The first-order chi connectivity index (χ1) is 14.5. The van der Waals surface area contributed by atoms with Crippen LogP contribution in [0.1, 0.15) is 47.2 Å². The van der Waals surface area contributed by atoms with Crippen molar-refractivity contribution in [2.24, 2.45) is 0 Å². The molecule has 1 unspecified atom stereocenters. The molecule has 1 aliphatic carbocycles. The molecule has 3 aromatic rings. The number of halogens is 2. The van der Waals surface area contributed by atoms with Crippen LogP contribution in [0.3, 0.4) is 0 Å². The van der Waals surface area contributed by atoms with Gasteiger partial charge in [0.1, 0.15) is 17.3 Å². The quantitative estimate of drug-likeness (QED) is 0.569. The summed E-state index contributed by atoms with van der Waals surface area (Å²) in [7, 11) is 0. The second kappa shape index (κ2) is 8.10. The Bertz CT molecular complexity index is 1070. The molecule has 0 spiro atoms. The van der Waals surface area contributed by atoms with Crippen LogP contribution in [0.25, 0.3) is 11.3 Å². The summed E-state index contributed by atoms with van der Waals surface area (Å²) < 4.78 is 11.3. The molecule has 1 aliphatic heterocycles. The lowest BCUT2D eigenvalue weighted by molar-refractivity contribution is 0.0928. The molecule has 3 heterocycles. The van der Waals surface area contributed by atoms with Crippen molar-refractivity contribution in [2.45, 2.75) is 37.8 Å². The molecular formula is C22H21Cl2N3O3. The summed E-state index contributed by atoms with van der Waals surface area (Å²) in [6.07, 6.45) is 3.12. The van der Waals surface area contributed by atoms with Crippen LogP contribution in [-0.4, -0.2) is 35.1 Å². The van der Waals surface area contributed by atoms with Crippen molar-refractivity contribution in [1.29, 1.82) is 0 Å². The lowest BCUT2D eigenvalue weighted by Crippen LogP contribution is -2.37. The molecule has 2 aromatic heterocycles. The summed E-state index contributed by atoms with van der Waals surface area (Å²) in [6, 6.07) is 11.0. The Morgan fingerprint density at radius 1 is 1.17 bits per heavy atom. The molecule has 30 heavy (non-hydrogen) atoms. The van der Waals surface area contributed by atoms with E-state index in [4.69, 9.17) is 32.1 Å². The maximum absolute atomic E-state index is 12.4. The van der Waals surface area contributed by atoms with Crippen molar-refractivity contribution < 1.29 is 13.7 Å². The van der Waals surface area contributed by atoms with Crippen LogP contribution in [0.2, 0.25) is 10.0 Å². The number of likely N-dealkylation sites (tertiary alicyclic amines) is 1. The van der Waals surface area contributed by atoms with E-state index in [0.717, 1.165) is 49.4 Å². The van der Waals surface area contributed by atoms with E-state index in [1.807, 2.05) is 12.1 Å². The summed E-state index contributed by atoms with van der Waals surface area (Å²) in [5.74, 6) is 2.63. The van der Waals surface area contributed by atoms with E-state index in [1.165, 1.54) is 0 Å². The lowest BCUT2D eigenvalue weighted by Gasteiger charge is -2.15. The molecule has 2 aliphatic rings.